The highest BCUT2D eigenvalue weighted by Gasteiger charge is 2.30. The minimum absolute atomic E-state index is 0.0228. The van der Waals surface area contributed by atoms with Gasteiger partial charge in [0.25, 0.3) is 0 Å². The first kappa shape index (κ1) is 12.0. The van der Waals surface area contributed by atoms with Crippen molar-refractivity contribution in [3.63, 3.8) is 0 Å². The molecule has 2 atom stereocenters. The monoisotopic (exact) mass is 215 g/mol. The molecule has 1 saturated heterocycles. The zero-order valence-corrected chi connectivity index (χ0v) is 8.86. The van der Waals surface area contributed by atoms with E-state index in [0.717, 1.165) is 6.42 Å². The van der Waals surface area contributed by atoms with Gasteiger partial charge < -0.3 is 15.2 Å². The zero-order valence-electron chi connectivity index (χ0n) is 8.86. The Bertz CT molecular complexity index is 242. The maximum atomic E-state index is 11.6. The molecule has 2 unspecified atom stereocenters. The Labute approximate surface area is 88.8 Å². The van der Waals surface area contributed by atoms with Crippen LogP contribution in [0.15, 0.2) is 0 Å². The number of ether oxygens (including phenoxy) is 1. The molecule has 5 heteroatoms. The lowest BCUT2D eigenvalue weighted by Gasteiger charge is -2.13. The molecule has 1 aliphatic heterocycles. The predicted molar refractivity (Wildman–Crippen MR) is 53.4 cm³/mol. The van der Waals surface area contributed by atoms with Crippen molar-refractivity contribution in [2.24, 2.45) is 5.92 Å². The third kappa shape index (κ3) is 3.87. The second-order valence-electron chi connectivity index (χ2n) is 3.76. The van der Waals surface area contributed by atoms with Crippen molar-refractivity contribution in [3.8, 4) is 0 Å². The van der Waals surface area contributed by atoms with E-state index < -0.39 is 5.97 Å². The van der Waals surface area contributed by atoms with Crippen LogP contribution in [0.2, 0.25) is 0 Å². The number of carboxylic acids is 1. The van der Waals surface area contributed by atoms with Crippen molar-refractivity contribution < 1.29 is 19.4 Å². The average Bonchev–Trinajstić information content (AvgIpc) is 2.58. The maximum Gasteiger partial charge on any atom is 0.303 e. The van der Waals surface area contributed by atoms with Crippen LogP contribution >= 0.6 is 0 Å². The Morgan fingerprint density at radius 1 is 1.53 bits per heavy atom. The molecule has 1 rings (SSSR count). The number of carbonyl (C=O) groups excluding carboxylic acids is 1. The molecule has 0 saturated carbocycles. The molecule has 0 bridgehead atoms. The molecule has 1 amide bonds. The largest absolute Gasteiger partial charge is 0.481 e. The summed E-state index contributed by atoms with van der Waals surface area (Å²) in [5.41, 5.74) is 0. The molecule has 0 aromatic rings. The number of carboxylic acid groups (broad SMARTS) is 1. The molecule has 0 aliphatic carbocycles. The van der Waals surface area contributed by atoms with E-state index in [4.69, 9.17) is 9.84 Å². The number of rotatable bonds is 5. The Morgan fingerprint density at radius 2 is 2.27 bits per heavy atom. The summed E-state index contributed by atoms with van der Waals surface area (Å²) in [6, 6.07) is 0. The standard InChI is InChI=1S/C10H17NO4/c1-7-8(4-6-15-7)10(14)11-5-2-3-9(12)13/h7-8H,2-6H2,1H3,(H,11,14)(H,12,13). The molecule has 1 aliphatic rings. The molecule has 0 aromatic carbocycles. The first-order chi connectivity index (χ1) is 7.11. The summed E-state index contributed by atoms with van der Waals surface area (Å²) in [6.45, 7) is 2.94. The van der Waals surface area contributed by atoms with Gasteiger partial charge in [-0.2, -0.15) is 0 Å². The van der Waals surface area contributed by atoms with Crippen molar-refractivity contribution in [2.45, 2.75) is 32.3 Å². The van der Waals surface area contributed by atoms with E-state index in [-0.39, 0.29) is 24.3 Å². The van der Waals surface area contributed by atoms with Crippen LogP contribution < -0.4 is 5.32 Å². The molecular formula is C10H17NO4. The summed E-state index contributed by atoms with van der Waals surface area (Å²) in [6.07, 6.45) is 1.30. The van der Waals surface area contributed by atoms with E-state index >= 15 is 0 Å². The van der Waals surface area contributed by atoms with Crippen LogP contribution in [0.1, 0.15) is 26.2 Å². The van der Waals surface area contributed by atoms with Gasteiger partial charge >= 0.3 is 5.97 Å². The molecule has 0 radical (unpaired) electrons. The van der Waals surface area contributed by atoms with Crippen LogP contribution in [-0.2, 0) is 14.3 Å². The Hall–Kier alpha value is -1.10. The lowest BCUT2D eigenvalue weighted by atomic mass is 10.0. The first-order valence-electron chi connectivity index (χ1n) is 5.22. The molecule has 15 heavy (non-hydrogen) atoms. The average molecular weight is 215 g/mol. The van der Waals surface area contributed by atoms with E-state index in [2.05, 4.69) is 5.32 Å². The number of hydrogen-bond acceptors (Lipinski definition) is 3. The van der Waals surface area contributed by atoms with Crippen molar-refractivity contribution in [1.29, 1.82) is 0 Å². The van der Waals surface area contributed by atoms with Crippen LogP contribution in [-0.4, -0.2) is 36.2 Å². The van der Waals surface area contributed by atoms with Gasteiger partial charge in [0.05, 0.1) is 12.0 Å². The van der Waals surface area contributed by atoms with Crippen molar-refractivity contribution in [1.82, 2.24) is 5.32 Å². The number of amides is 1. The molecule has 0 aromatic heterocycles. The smallest absolute Gasteiger partial charge is 0.303 e. The number of hydrogen-bond donors (Lipinski definition) is 2. The van der Waals surface area contributed by atoms with Crippen LogP contribution in [0.25, 0.3) is 0 Å². The summed E-state index contributed by atoms with van der Waals surface area (Å²) in [5, 5.41) is 11.1. The van der Waals surface area contributed by atoms with Gasteiger partial charge in [-0.1, -0.05) is 0 Å². The summed E-state index contributed by atoms with van der Waals surface area (Å²) < 4.78 is 5.28. The minimum Gasteiger partial charge on any atom is -0.481 e. The second-order valence-corrected chi connectivity index (χ2v) is 3.76. The van der Waals surface area contributed by atoms with Crippen LogP contribution in [0.5, 0.6) is 0 Å². The van der Waals surface area contributed by atoms with Crippen molar-refractivity contribution in [2.75, 3.05) is 13.2 Å². The van der Waals surface area contributed by atoms with Gasteiger partial charge in [0.1, 0.15) is 0 Å². The summed E-state index contributed by atoms with van der Waals surface area (Å²) >= 11 is 0. The Morgan fingerprint density at radius 3 is 2.80 bits per heavy atom. The molecular weight excluding hydrogens is 198 g/mol. The van der Waals surface area contributed by atoms with E-state index in [1.54, 1.807) is 0 Å². The number of nitrogens with one attached hydrogen (secondary N) is 1. The Balaban J connectivity index is 2.15. The topological polar surface area (TPSA) is 75.6 Å². The lowest BCUT2D eigenvalue weighted by Crippen LogP contribution is -2.34. The van der Waals surface area contributed by atoms with Gasteiger partial charge in [0.2, 0.25) is 5.91 Å². The summed E-state index contributed by atoms with van der Waals surface area (Å²) in [5.74, 6) is -0.929. The SMILES string of the molecule is CC1OCCC1C(=O)NCCCC(=O)O. The van der Waals surface area contributed by atoms with E-state index in [1.165, 1.54) is 0 Å². The number of aliphatic carboxylic acids is 1. The third-order valence-corrected chi connectivity index (χ3v) is 2.58. The van der Waals surface area contributed by atoms with E-state index in [9.17, 15) is 9.59 Å². The first-order valence-corrected chi connectivity index (χ1v) is 5.22. The van der Waals surface area contributed by atoms with Gasteiger partial charge in [0, 0.05) is 19.6 Å². The predicted octanol–water partition coefficient (Wildman–Crippen LogP) is 0.392. The molecule has 0 spiro atoms. The van der Waals surface area contributed by atoms with Gasteiger partial charge in [-0.05, 0) is 19.8 Å². The molecule has 5 nitrogen and oxygen atoms in total. The van der Waals surface area contributed by atoms with Crippen molar-refractivity contribution in [3.05, 3.63) is 0 Å². The highest BCUT2D eigenvalue weighted by molar-refractivity contribution is 5.79. The molecule has 2 N–H and O–H groups in total. The summed E-state index contributed by atoms with van der Waals surface area (Å²) in [7, 11) is 0. The van der Waals surface area contributed by atoms with Crippen LogP contribution in [0.3, 0.4) is 0 Å². The fourth-order valence-corrected chi connectivity index (χ4v) is 1.66. The normalized spacial score (nSPS) is 25.1. The molecule has 1 fully saturated rings. The maximum absolute atomic E-state index is 11.6. The van der Waals surface area contributed by atoms with Gasteiger partial charge in [-0.15, -0.1) is 0 Å². The Kier molecular flexibility index (Phi) is 4.55. The molecule has 86 valence electrons. The highest BCUT2D eigenvalue weighted by atomic mass is 16.5. The van der Waals surface area contributed by atoms with E-state index in [1.807, 2.05) is 6.92 Å². The highest BCUT2D eigenvalue weighted by Crippen LogP contribution is 2.20. The van der Waals surface area contributed by atoms with Crippen LogP contribution in [0.4, 0.5) is 0 Å². The quantitative estimate of drug-likeness (QED) is 0.650. The summed E-state index contributed by atoms with van der Waals surface area (Å²) in [4.78, 5) is 21.8. The van der Waals surface area contributed by atoms with Gasteiger partial charge in [-0.3, -0.25) is 9.59 Å². The zero-order chi connectivity index (χ0) is 11.3. The lowest BCUT2D eigenvalue weighted by molar-refractivity contribution is -0.137. The fraction of sp³-hybridized carbons (Fsp3) is 0.800. The fourth-order valence-electron chi connectivity index (χ4n) is 1.66. The second kappa shape index (κ2) is 5.70. The van der Waals surface area contributed by atoms with Gasteiger partial charge in [-0.25, -0.2) is 0 Å². The third-order valence-electron chi connectivity index (χ3n) is 2.58. The number of carbonyl (C=O) groups is 2. The van der Waals surface area contributed by atoms with E-state index in [0.29, 0.717) is 19.6 Å². The van der Waals surface area contributed by atoms with Crippen molar-refractivity contribution >= 4 is 11.9 Å². The minimum atomic E-state index is -0.832. The van der Waals surface area contributed by atoms with Crippen LogP contribution in [0, 0.1) is 5.92 Å². The van der Waals surface area contributed by atoms with Gasteiger partial charge in [0.15, 0.2) is 0 Å². The molecule has 1 heterocycles.